The highest BCUT2D eigenvalue weighted by molar-refractivity contribution is 7.91. The molecule has 0 spiro atoms. The van der Waals surface area contributed by atoms with Crippen molar-refractivity contribution >= 4 is 15.5 Å². The molecule has 0 aromatic heterocycles. The van der Waals surface area contributed by atoms with Gasteiger partial charge in [0.05, 0.1) is 17.3 Å². The third-order valence-electron chi connectivity index (χ3n) is 1.85. The van der Waals surface area contributed by atoms with Crippen molar-refractivity contribution in [2.75, 3.05) is 12.4 Å². The molecule has 1 aromatic carbocycles. The average Bonchev–Trinajstić information content (AvgIpc) is 2.17. The molecule has 0 fully saturated rings. The van der Waals surface area contributed by atoms with Crippen LogP contribution in [0.2, 0.25) is 0 Å². The molecule has 0 radical (unpaired) electrons. The maximum atomic E-state index is 11.5. The first-order valence-electron chi connectivity index (χ1n) is 4.19. The smallest absolute Gasteiger partial charge is 0.271 e. The van der Waals surface area contributed by atoms with Gasteiger partial charge in [-0.25, -0.2) is 8.42 Å². The van der Waals surface area contributed by atoms with Crippen molar-refractivity contribution < 1.29 is 23.6 Å². The van der Waals surface area contributed by atoms with Gasteiger partial charge in [0.15, 0.2) is 9.84 Å². The number of phenolic OH excluding ortho intramolecular Hbond substituents is 1. The van der Waals surface area contributed by atoms with Crippen LogP contribution in [0.15, 0.2) is 23.1 Å². The molecule has 16 heavy (non-hydrogen) atoms. The third-order valence-corrected chi connectivity index (χ3v) is 3.57. The molecule has 0 heterocycles. The summed E-state index contributed by atoms with van der Waals surface area (Å²) in [7, 11) is -3.90. The molecule has 7 nitrogen and oxygen atoms in total. The largest absolute Gasteiger partial charge is 0.507 e. The Hall–Kier alpha value is -1.67. The Morgan fingerprint density at radius 3 is 2.50 bits per heavy atom. The Morgan fingerprint density at radius 2 is 2.00 bits per heavy atom. The van der Waals surface area contributed by atoms with E-state index in [0.717, 1.165) is 18.2 Å². The molecule has 0 saturated carbocycles. The van der Waals surface area contributed by atoms with Gasteiger partial charge in [-0.05, 0) is 6.07 Å². The first-order valence-corrected chi connectivity index (χ1v) is 5.85. The summed E-state index contributed by atoms with van der Waals surface area (Å²) in [5.74, 6) is -1.17. The summed E-state index contributed by atoms with van der Waals surface area (Å²) in [4.78, 5) is 9.12. The molecular formula is C8H9NO6S. The minimum atomic E-state index is -3.90. The van der Waals surface area contributed by atoms with Crippen LogP contribution in [0, 0.1) is 10.1 Å². The van der Waals surface area contributed by atoms with Crippen LogP contribution < -0.4 is 0 Å². The van der Waals surface area contributed by atoms with Crippen molar-refractivity contribution in [3.8, 4) is 5.75 Å². The second kappa shape index (κ2) is 4.45. The topological polar surface area (TPSA) is 118 Å². The van der Waals surface area contributed by atoms with Gasteiger partial charge in [0.1, 0.15) is 10.6 Å². The lowest BCUT2D eigenvalue weighted by atomic mass is 10.3. The fourth-order valence-electron chi connectivity index (χ4n) is 1.10. The second-order valence-corrected chi connectivity index (χ2v) is 5.03. The van der Waals surface area contributed by atoms with Gasteiger partial charge in [0, 0.05) is 12.1 Å². The molecule has 0 aliphatic heterocycles. The van der Waals surface area contributed by atoms with Gasteiger partial charge in [-0.15, -0.1) is 0 Å². The lowest BCUT2D eigenvalue weighted by molar-refractivity contribution is -0.385. The number of nitrogens with zero attached hydrogens (tertiary/aromatic N) is 1. The van der Waals surface area contributed by atoms with Gasteiger partial charge in [-0.1, -0.05) is 0 Å². The van der Waals surface area contributed by atoms with Crippen LogP contribution in [-0.2, 0) is 9.84 Å². The van der Waals surface area contributed by atoms with E-state index < -0.39 is 43.5 Å². The summed E-state index contributed by atoms with van der Waals surface area (Å²) in [5.41, 5.74) is -0.436. The zero-order chi connectivity index (χ0) is 12.3. The Kier molecular flexibility index (Phi) is 3.45. The molecule has 0 saturated heterocycles. The molecule has 0 aliphatic rings. The molecule has 1 aromatic rings. The molecule has 0 bridgehead atoms. The summed E-state index contributed by atoms with van der Waals surface area (Å²) in [5, 5.41) is 28.3. The molecule has 2 N–H and O–H groups in total. The number of nitro groups is 1. The number of aliphatic hydroxyl groups is 1. The van der Waals surface area contributed by atoms with Crippen molar-refractivity contribution in [3.63, 3.8) is 0 Å². The highest BCUT2D eigenvalue weighted by Crippen LogP contribution is 2.27. The fourth-order valence-corrected chi connectivity index (χ4v) is 2.24. The normalized spacial score (nSPS) is 11.3. The molecule has 0 atom stereocenters. The molecule has 1 rings (SSSR count). The molecule has 8 heteroatoms. The van der Waals surface area contributed by atoms with Crippen molar-refractivity contribution in [1.29, 1.82) is 0 Å². The van der Waals surface area contributed by atoms with Gasteiger partial charge < -0.3 is 10.2 Å². The minimum absolute atomic E-state index is 0.436. The van der Waals surface area contributed by atoms with Gasteiger partial charge >= 0.3 is 0 Å². The first kappa shape index (κ1) is 12.4. The zero-order valence-corrected chi connectivity index (χ0v) is 8.85. The molecule has 88 valence electrons. The number of benzene rings is 1. The van der Waals surface area contributed by atoms with Crippen molar-refractivity contribution in [1.82, 2.24) is 0 Å². The van der Waals surface area contributed by atoms with E-state index in [0.29, 0.717) is 0 Å². The first-order chi connectivity index (χ1) is 7.38. The number of nitro benzene ring substituents is 1. The Balaban J connectivity index is 3.33. The number of aromatic hydroxyl groups is 1. The fraction of sp³-hybridized carbons (Fsp3) is 0.250. The van der Waals surface area contributed by atoms with Gasteiger partial charge in [0.2, 0.25) is 0 Å². The van der Waals surface area contributed by atoms with E-state index >= 15 is 0 Å². The monoisotopic (exact) mass is 247 g/mol. The number of aliphatic hydroxyl groups excluding tert-OH is 1. The quantitative estimate of drug-likeness (QED) is 0.574. The average molecular weight is 247 g/mol. The number of hydrogen-bond donors (Lipinski definition) is 2. The summed E-state index contributed by atoms with van der Waals surface area (Å²) < 4.78 is 23.0. The minimum Gasteiger partial charge on any atom is -0.507 e. The van der Waals surface area contributed by atoms with Crippen LogP contribution in [0.1, 0.15) is 0 Å². The van der Waals surface area contributed by atoms with E-state index in [1.807, 2.05) is 0 Å². The van der Waals surface area contributed by atoms with Crippen LogP contribution >= 0.6 is 0 Å². The highest BCUT2D eigenvalue weighted by atomic mass is 32.2. The Bertz CT molecular complexity index is 509. The summed E-state index contributed by atoms with van der Waals surface area (Å²) in [6, 6.07) is 2.69. The van der Waals surface area contributed by atoms with E-state index in [9.17, 15) is 23.6 Å². The number of phenols is 1. The predicted octanol–water partition coefficient (Wildman–Crippen LogP) is 0.0664. The van der Waals surface area contributed by atoms with Crippen molar-refractivity contribution in [3.05, 3.63) is 28.3 Å². The van der Waals surface area contributed by atoms with Crippen molar-refractivity contribution in [2.24, 2.45) is 0 Å². The molecular weight excluding hydrogens is 238 g/mol. The van der Waals surface area contributed by atoms with Gasteiger partial charge in [-0.2, -0.15) is 0 Å². The Labute approximate surface area is 91.0 Å². The number of sulfone groups is 1. The van der Waals surface area contributed by atoms with Gasteiger partial charge in [0.25, 0.3) is 5.69 Å². The maximum absolute atomic E-state index is 11.5. The van der Waals surface area contributed by atoms with Crippen LogP contribution in [0.5, 0.6) is 5.75 Å². The lowest BCUT2D eigenvalue weighted by Gasteiger charge is -2.04. The van der Waals surface area contributed by atoms with Crippen molar-refractivity contribution in [2.45, 2.75) is 4.90 Å². The lowest BCUT2D eigenvalue weighted by Crippen LogP contribution is -2.10. The van der Waals surface area contributed by atoms with Crippen LogP contribution in [0.3, 0.4) is 0 Å². The van der Waals surface area contributed by atoms with Crippen LogP contribution in [0.25, 0.3) is 0 Å². The van der Waals surface area contributed by atoms with E-state index in [-0.39, 0.29) is 0 Å². The van der Waals surface area contributed by atoms with Crippen LogP contribution in [0.4, 0.5) is 5.69 Å². The van der Waals surface area contributed by atoms with Crippen LogP contribution in [-0.4, -0.2) is 35.9 Å². The van der Waals surface area contributed by atoms with E-state index in [1.54, 1.807) is 0 Å². The Morgan fingerprint density at radius 1 is 1.38 bits per heavy atom. The zero-order valence-electron chi connectivity index (χ0n) is 8.03. The summed E-state index contributed by atoms with van der Waals surface area (Å²) in [6.07, 6.45) is 0. The third kappa shape index (κ3) is 2.47. The predicted molar refractivity (Wildman–Crippen MR) is 53.9 cm³/mol. The molecule has 0 unspecified atom stereocenters. The molecule has 0 amide bonds. The van der Waals surface area contributed by atoms with E-state index in [2.05, 4.69) is 0 Å². The van der Waals surface area contributed by atoms with E-state index in [4.69, 9.17) is 5.11 Å². The highest BCUT2D eigenvalue weighted by Gasteiger charge is 2.21. The summed E-state index contributed by atoms with van der Waals surface area (Å²) >= 11 is 0. The standard InChI is InChI=1S/C8H9NO6S/c10-3-4-16(14,15)8-5-6(9(12)13)1-2-7(8)11/h1-2,5,10-11H,3-4H2. The second-order valence-electron chi connectivity index (χ2n) is 2.95. The number of hydrogen-bond acceptors (Lipinski definition) is 6. The SMILES string of the molecule is O=[N+]([O-])c1ccc(O)c(S(=O)(=O)CCO)c1. The number of rotatable bonds is 4. The number of non-ortho nitro benzene ring substituents is 1. The van der Waals surface area contributed by atoms with E-state index in [1.165, 1.54) is 0 Å². The molecule has 0 aliphatic carbocycles. The summed E-state index contributed by atoms with van der Waals surface area (Å²) in [6.45, 7) is -0.621. The van der Waals surface area contributed by atoms with Gasteiger partial charge in [-0.3, -0.25) is 10.1 Å². The maximum Gasteiger partial charge on any atom is 0.271 e.